The van der Waals surface area contributed by atoms with Crippen LogP contribution in [0.15, 0.2) is 24.3 Å². The molecule has 0 radical (unpaired) electrons. The van der Waals surface area contributed by atoms with Crippen LogP contribution in [0.4, 0.5) is 0 Å². The Morgan fingerprint density at radius 2 is 1.86 bits per heavy atom. The van der Waals surface area contributed by atoms with Crippen LogP contribution in [0, 0.1) is 5.92 Å². The molecule has 2 N–H and O–H groups in total. The molecule has 1 unspecified atom stereocenters. The van der Waals surface area contributed by atoms with Crippen LogP contribution in [0.1, 0.15) is 48.8 Å². The molecule has 0 heterocycles. The van der Waals surface area contributed by atoms with E-state index in [0.29, 0.717) is 6.04 Å². The molecule has 3 rings (SSSR count). The first-order valence-corrected chi connectivity index (χ1v) is 5.70. The third-order valence-corrected chi connectivity index (χ3v) is 4.02. The highest BCUT2D eigenvalue weighted by atomic mass is 14.7. The minimum absolute atomic E-state index is 0.308. The molecule has 1 nitrogen and oxygen atoms in total. The van der Waals surface area contributed by atoms with Gasteiger partial charge in [0.05, 0.1) is 0 Å². The third-order valence-electron chi connectivity index (χ3n) is 4.02. The van der Waals surface area contributed by atoms with Crippen molar-refractivity contribution in [2.24, 2.45) is 11.7 Å². The van der Waals surface area contributed by atoms with Gasteiger partial charge in [-0.3, -0.25) is 0 Å². The topological polar surface area (TPSA) is 26.0 Å². The predicted octanol–water partition coefficient (Wildman–Crippen LogP) is 2.97. The van der Waals surface area contributed by atoms with Crippen molar-refractivity contribution in [2.75, 3.05) is 0 Å². The average Bonchev–Trinajstić information content (AvgIpc) is 2.27. The summed E-state index contributed by atoms with van der Waals surface area (Å²) in [5.41, 5.74) is 9.26. The minimum atomic E-state index is 0.308. The van der Waals surface area contributed by atoms with Gasteiger partial charge in [-0.2, -0.15) is 0 Å². The third kappa shape index (κ3) is 1.12. The molecule has 1 saturated carbocycles. The average molecular weight is 187 g/mol. The number of hydrogen-bond acceptors (Lipinski definition) is 1. The van der Waals surface area contributed by atoms with Crippen LogP contribution < -0.4 is 5.73 Å². The van der Waals surface area contributed by atoms with Crippen molar-refractivity contribution in [3.63, 3.8) is 0 Å². The normalized spacial score (nSPS) is 35.1. The molecule has 1 heteroatoms. The van der Waals surface area contributed by atoms with E-state index in [1.807, 2.05) is 0 Å². The number of fused-ring (bicyclic) bond motifs is 4. The quantitative estimate of drug-likeness (QED) is 0.664. The smallest absolute Gasteiger partial charge is 0.0326 e. The molecule has 2 aliphatic rings. The van der Waals surface area contributed by atoms with Crippen molar-refractivity contribution in [3.05, 3.63) is 35.4 Å². The molecule has 14 heavy (non-hydrogen) atoms. The molecule has 1 fully saturated rings. The molecule has 0 amide bonds. The Morgan fingerprint density at radius 3 is 2.71 bits per heavy atom. The molecule has 0 aliphatic heterocycles. The molecule has 2 aliphatic carbocycles. The molecular weight excluding hydrogens is 170 g/mol. The van der Waals surface area contributed by atoms with Crippen LogP contribution in [-0.2, 0) is 0 Å². The van der Waals surface area contributed by atoms with Gasteiger partial charge in [0.15, 0.2) is 0 Å². The van der Waals surface area contributed by atoms with Crippen molar-refractivity contribution in [2.45, 2.75) is 37.6 Å². The first-order chi connectivity index (χ1) is 6.86. The summed E-state index contributed by atoms with van der Waals surface area (Å²) in [6.07, 6.45) is 5.42. The lowest BCUT2D eigenvalue weighted by Crippen LogP contribution is -2.32. The SMILES string of the molecule is NC1c2ccccc2[C@@H]2CCC[C@H]1C2. The fourth-order valence-electron chi connectivity index (χ4n) is 3.28. The lowest BCUT2D eigenvalue weighted by atomic mass is 9.67. The Balaban J connectivity index is 2.11. The van der Waals surface area contributed by atoms with Gasteiger partial charge in [0.25, 0.3) is 0 Å². The van der Waals surface area contributed by atoms with Gasteiger partial charge in [0.1, 0.15) is 0 Å². The van der Waals surface area contributed by atoms with Crippen LogP contribution in [-0.4, -0.2) is 0 Å². The minimum Gasteiger partial charge on any atom is -0.324 e. The standard InChI is InChI=1S/C13H17N/c14-13-10-5-3-4-9(8-10)11-6-1-2-7-12(11)13/h1-2,6-7,9-10,13H,3-5,8,14H2/t9-,10+,13?/m1/s1. The molecule has 1 aromatic rings. The van der Waals surface area contributed by atoms with E-state index in [1.165, 1.54) is 36.8 Å². The van der Waals surface area contributed by atoms with E-state index >= 15 is 0 Å². The van der Waals surface area contributed by atoms with Gasteiger partial charge >= 0.3 is 0 Å². The highest BCUT2D eigenvalue weighted by Gasteiger charge is 2.34. The van der Waals surface area contributed by atoms with Gasteiger partial charge in [-0.05, 0) is 42.2 Å². The van der Waals surface area contributed by atoms with Gasteiger partial charge in [-0.1, -0.05) is 30.7 Å². The predicted molar refractivity (Wildman–Crippen MR) is 58.1 cm³/mol. The van der Waals surface area contributed by atoms with E-state index in [9.17, 15) is 0 Å². The van der Waals surface area contributed by atoms with Crippen LogP contribution in [0.5, 0.6) is 0 Å². The van der Waals surface area contributed by atoms with E-state index in [4.69, 9.17) is 5.73 Å². The van der Waals surface area contributed by atoms with Crippen LogP contribution >= 0.6 is 0 Å². The summed E-state index contributed by atoms with van der Waals surface area (Å²) in [5, 5.41) is 0. The molecule has 74 valence electrons. The zero-order chi connectivity index (χ0) is 9.54. The first-order valence-electron chi connectivity index (χ1n) is 5.70. The lowest BCUT2D eigenvalue weighted by molar-refractivity contribution is 0.256. The number of hydrogen-bond donors (Lipinski definition) is 1. The van der Waals surface area contributed by atoms with Crippen molar-refractivity contribution in [1.29, 1.82) is 0 Å². The van der Waals surface area contributed by atoms with Crippen LogP contribution in [0.25, 0.3) is 0 Å². The summed E-state index contributed by atoms with van der Waals surface area (Å²) in [6.45, 7) is 0. The molecule has 3 atom stereocenters. The van der Waals surface area contributed by atoms with Gasteiger partial charge in [-0.25, -0.2) is 0 Å². The molecule has 2 bridgehead atoms. The largest absolute Gasteiger partial charge is 0.324 e. The van der Waals surface area contributed by atoms with Gasteiger partial charge in [0, 0.05) is 6.04 Å². The number of nitrogens with two attached hydrogens (primary N) is 1. The van der Waals surface area contributed by atoms with Crippen LogP contribution in [0.3, 0.4) is 0 Å². The van der Waals surface area contributed by atoms with E-state index in [1.54, 1.807) is 0 Å². The lowest BCUT2D eigenvalue weighted by Gasteiger charge is -2.40. The second-order valence-electron chi connectivity index (χ2n) is 4.78. The fraction of sp³-hybridized carbons (Fsp3) is 0.538. The maximum atomic E-state index is 6.30. The Kier molecular flexibility index (Phi) is 1.88. The van der Waals surface area contributed by atoms with E-state index in [-0.39, 0.29) is 0 Å². The zero-order valence-electron chi connectivity index (χ0n) is 8.45. The van der Waals surface area contributed by atoms with Crippen molar-refractivity contribution < 1.29 is 0 Å². The Bertz CT molecular complexity index is 324. The summed E-state index contributed by atoms with van der Waals surface area (Å²) in [6, 6.07) is 9.09. The van der Waals surface area contributed by atoms with Gasteiger partial charge in [-0.15, -0.1) is 0 Å². The molecule has 1 aromatic carbocycles. The Labute approximate surface area is 85.3 Å². The summed E-state index contributed by atoms with van der Waals surface area (Å²) in [5.74, 6) is 1.56. The monoisotopic (exact) mass is 187 g/mol. The van der Waals surface area contributed by atoms with E-state index in [2.05, 4.69) is 24.3 Å². The number of rotatable bonds is 0. The molecule has 0 spiro atoms. The maximum Gasteiger partial charge on any atom is 0.0326 e. The number of benzene rings is 1. The highest BCUT2D eigenvalue weighted by molar-refractivity contribution is 5.36. The Morgan fingerprint density at radius 1 is 1.07 bits per heavy atom. The highest BCUT2D eigenvalue weighted by Crippen LogP contribution is 2.47. The summed E-state index contributed by atoms with van der Waals surface area (Å²) in [4.78, 5) is 0. The van der Waals surface area contributed by atoms with Crippen LogP contribution in [0.2, 0.25) is 0 Å². The summed E-state index contributed by atoms with van der Waals surface area (Å²) >= 11 is 0. The molecule has 0 aromatic heterocycles. The molecular formula is C13H17N. The van der Waals surface area contributed by atoms with Crippen molar-refractivity contribution >= 4 is 0 Å². The van der Waals surface area contributed by atoms with Crippen molar-refractivity contribution in [3.8, 4) is 0 Å². The molecule has 0 saturated heterocycles. The van der Waals surface area contributed by atoms with Gasteiger partial charge in [0.2, 0.25) is 0 Å². The second-order valence-corrected chi connectivity index (χ2v) is 4.78. The Hall–Kier alpha value is -0.820. The van der Waals surface area contributed by atoms with Gasteiger partial charge < -0.3 is 5.73 Å². The van der Waals surface area contributed by atoms with E-state index in [0.717, 1.165) is 11.8 Å². The first kappa shape index (κ1) is 8.49. The second kappa shape index (κ2) is 3.09. The van der Waals surface area contributed by atoms with Crippen molar-refractivity contribution in [1.82, 2.24) is 0 Å². The fourth-order valence-corrected chi connectivity index (χ4v) is 3.28. The summed E-state index contributed by atoms with van der Waals surface area (Å²) < 4.78 is 0. The summed E-state index contributed by atoms with van der Waals surface area (Å²) in [7, 11) is 0. The zero-order valence-corrected chi connectivity index (χ0v) is 8.45. The maximum absolute atomic E-state index is 6.30. The van der Waals surface area contributed by atoms with E-state index < -0.39 is 0 Å².